The zero-order valence-corrected chi connectivity index (χ0v) is 23.0. The molecule has 1 aliphatic heterocycles. The van der Waals surface area contributed by atoms with Crippen LogP contribution in [0.5, 0.6) is 0 Å². The first-order chi connectivity index (χ1) is 18.0. The van der Waals surface area contributed by atoms with Crippen LogP contribution in [-0.2, 0) is 19.6 Å². The zero-order chi connectivity index (χ0) is 27.4. The molecule has 0 bridgehead atoms. The van der Waals surface area contributed by atoms with Crippen LogP contribution in [0.15, 0.2) is 59.5 Å². The Labute approximate surface area is 230 Å². The first kappa shape index (κ1) is 27.8. The molecule has 200 valence electrons. The summed E-state index contributed by atoms with van der Waals surface area (Å²) in [6, 6.07) is 14.4. The Bertz CT molecular complexity index is 1460. The number of rotatable bonds is 9. The summed E-state index contributed by atoms with van der Waals surface area (Å²) in [6.45, 7) is 2.75. The second-order valence-electron chi connectivity index (χ2n) is 8.98. The largest absolute Gasteiger partial charge is 0.384 e. The van der Waals surface area contributed by atoms with Crippen LogP contribution in [0.4, 0.5) is 5.69 Å². The van der Waals surface area contributed by atoms with Crippen LogP contribution >= 0.6 is 22.9 Å². The third-order valence-electron chi connectivity index (χ3n) is 6.20. The summed E-state index contributed by atoms with van der Waals surface area (Å²) >= 11 is 7.44. The van der Waals surface area contributed by atoms with E-state index in [1.807, 2.05) is 0 Å². The van der Waals surface area contributed by atoms with E-state index in [0.29, 0.717) is 44.7 Å². The summed E-state index contributed by atoms with van der Waals surface area (Å²) in [7, 11) is -3.69. The summed E-state index contributed by atoms with van der Waals surface area (Å²) in [4.78, 5) is 25.9. The van der Waals surface area contributed by atoms with Crippen molar-refractivity contribution >= 4 is 56.3 Å². The Morgan fingerprint density at radius 2 is 1.76 bits per heavy atom. The van der Waals surface area contributed by atoms with Crippen LogP contribution < -0.4 is 16.4 Å². The first-order valence-electron chi connectivity index (χ1n) is 12.0. The van der Waals surface area contributed by atoms with Crippen LogP contribution in [0.3, 0.4) is 0 Å². The molecule has 1 saturated heterocycles. The average Bonchev–Trinajstić information content (AvgIpc) is 3.56. The van der Waals surface area contributed by atoms with Gasteiger partial charge in [0.05, 0.1) is 15.3 Å². The van der Waals surface area contributed by atoms with E-state index in [1.165, 1.54) is 15.6 Å². The molecule has 0 aliphatic carbocycles. The van der Waals surface area contributed by atoms with E-state index in [0.717, 1.165) is 12.8 Å². The number of amides is 2. The number of benzene rings is 2. The first-order valence-corrected chi connectivity index (χ1v) is 14.6. The number of carbonyl (C=O) groups excluding carboxylic acids is 2. The van der Waals surface area contributed by atoms with Gasteiger partial charge in [-0.1, -0.05) is 17.7 Å². The molecule has 1 fully saturated rings. The number of thiophene rings is 1. The van der Waals surface area contributed by atoms with Gasteiger partial charge in [0.25, 0.3) is 0 Å². The summed E-state index contributed by atoms with van der Waals surface area (Å²) in [6.07, 6.45) is 1.27. The van der Waals surface area contributed by atoms with E-state index >= 15 is 0 Å². The van der Waals surface area contributed by atoms with Crippen molar-refractivity contribution in [3.63, 3.8) is 0 Å². The number of nitrogens with one attached hydrogen (secondary N) is 3. The topological polar surface area (TPSA) is 145 Å². The second kappa shape index (κ2) is 11.6. The second-order valence-corrected chi connectivity index (χ2v) is 12.6. The number of nitrogen functional groups attached to an aromatic ring is 1. The number of anilines is 1. The van der Waals surface area contributed by atoms with Crippen LogP contribution in [0, 0.1) is 5.41 Å². The molecule has 0 radical (unpaired) electrons. The SMILES string of the molecule is CC(NC(=O)CC(=O)Nc1ccc(C(=N)N)cc1)c1ccc(S(=O)(=O)N2CCCC2)c(-c2ccc(Cl)s2)c1. The summed E-state index contributed by atoms with van der Waals surface area (Å²) in [5.41, 5.74) is 7.66. The standard InChI is InChI=1S/C26H28ClN5O4S2/c1-16(30-24(33)15-25(34)31-19-7-4-17(5-8-19)26(28)29)18-6-10-22(38(35,36)32-12-2-3-13-32)20(14-18)21-9-11-23(27)37-21/h4-11,14,16H,2-3,12-13,15H2,1H3,(H3,28,29)(H,30,33)(H,31,34). The van der Waals surface area contributed by atoms with Crippen molar-refractivity contribution in [2.24, 2.45) is 5.73 Å². The fourth-order valence-corrected chi connectivity index (χ4v) is 7.06. The van der Waals surface area contributed by atoms with Gasteiger partial charge in [0.15, 0.2) is 0 Å². The normalized spacial score (nSPS) is 14.7. The summed E-state index contributed by atoms with van der Waals surface area (Å²) in [5.74, 6) is -1.06. The van der Waals surface area contributed by atoms with E-state index in [2.05, 4.69) is 10.6 Å². The van der Waals surface area contributed by atoms with Crippen molar-refractivity contribution in [3.05, 3.63) is 70.1 Å². The number of carbonyl (C=O) groups is 2. The van der Waals surface area contributed by atoms with Gasteiger partial charge in [-0.15, -0.1) is 11.3 Å². The molecule has 12 heteroatoms. The Hall–Kier alpha value is -3.25. The number of hydrogen-bond acceptors (Lipinski definition) is 6. The number of nitrogens with zero attached hydrogens (tertiary/aromatic N) is 1. The third-order valence-corrected chi connectivity index (χ3v) is 9.42. The Balaban J connectivity index is 1.48. The van der Waals surface area contributed by atoms with Crippen molar-refractivity contribution in [1.29, 1.82) is 5.41 Å². The van der Waals surface area contributed by atoms with E-state index in [4.69, 9.17) is 22.7 Å². The van der Waals surface area contributed by atoms with E-state index in [-0.39, 0.29) is 10.7 Å². The molecule has 1 unspecified atom stereocenters. The van der Waals surface area contributed by atoms with Gasteiger partial charge in [-0.05, 0) is 73.9 Å². The Morgan fingerprint density at radius 1 is 1.08 bits per heavy atom. The van der Waals surface area contributed by atoms with Gasteiger partial charge in [-0.3, -0.25) is 15.0 Å². The predicted molar refractivity (Wildman–Crippen MR) is 150 cm³/mol. The van der Waals surface area contributed by atoms with Crippen molar-refractivity contribution in [1.82, 2.24) is 9.62 Å². The predicted octanol–water partition coefficient (Wildman–Crippen LogP) is 4.34. The molecule has 1 atom stereocenters. The number of amidine groups is 1. The Kier molecular flexibility index (Phi) is 8.51. The zero-order valence-electron chi connectivity index (χ0n) is 20.7. The quantitative estimate of drug-likeness (QED) is 0.171. The van der Waals surface area contributed by atoms with E-state index in [9.17, 15) is 18.0 Å². The fourth-order valence-electron chi connectivity index (χ4n) is 4.22. The lowest BCUT2D eigenvalue weighted by molar-refractivity contribution is -0.127. The monoisotopic (exact) mass is 573 g/mol. The molecule has 38 heavy (non-hydrogen) atoms. The molecule has 2 heterocycles. The highest BCUT2D eigenvalue weighted by Crippen LogP contribution is 2.38. The highest BCUT2D eigenvalue weighted by atomic mass is 35.5. The lowest BCUT2D eigenvalue weighted by atomic mass is 10.0. The minimum Gasteiger partial charge on any atom is -0.384 e. The van der Waals surface area contributed by atoms with Crippen LogP contribution in [0.25, 0.3) is 10.4 Å². The van der Waals surface area contributed by atoms with Gasteiger partial charge in [0.1, 0.15) is 12.3 Å². The minimum atomic E-state index is -3.69. The molecular formula is C26H28ClN5O4S2. The third kappa shape index (κ3) is 6.41. The lowest BCUT2D eigenvalue weighted by Crippen LogP contribution is -2.30. The molecule has 0 spiro atoms. The van der Waals surface area contributed by atoms with Gasteiger partial charge in [0, 0.05) is 34.8 Å². The van der Waals surface area contributed by atoms with Gasteiger partial charge in [-0.2, -0.15) is 4.31 Å². The van der Waals surface area contributed by atoms with Gasteiger partial charge >= 0.3 is 0 Å². The van der Waals surface area contributed by atoms with Crippen LogP contribution in [0.1, 0.15) is 43.4 Å². The number of hydrogen-bond donors (Lipinski definition) is 4. The molecule has 2 amide bonds. The molecule has 9 nitrogen and oxygen atoms in total. The van der Waals surface area contributed by atoms with Crippen molar-refractivity contribution in [3.8, 4) is 10.4 Å². The number of sulfonamides is 1. The Morgan fingerprint density at radius 3 is 2.37 bits per heavy atom. The van der Waals surface area contributed by atoms with Crippen LogP contribution in [-0.4, -0.2) is 43.5 Å². The van der Waals surface area contributed by atoms with Crippen molar-refractivity contribution < 1.29 is 18.0 Å². The molecule has 5 N–H and O–H groups in total. The molecule has 2 aromatic carbocycles. The summed E-state index contributed by atoms with van der Waals surface area (Å²) < 4.78 is 28.8. The fraction of sp³-hybridized carbons (Fsp3) is 0.269. The van der Waals surface area contributed by atoms with Gasteiger partial charge in [-0.25, -0.2) is 8.42 Å². The van der Waals surface area contributed by atoms with Crippen LogP contribution in [0.2, 0.25) is 4.34 Å². The molecule has 0 saturated carbocycles. The maximum Gasteiger partial charge on any atom is 0.243 e. The van der Waals surface area contributed by atoms with E-state index < -0.39 is 34.3 Å². The lowest BCUT2D eigenvalue weighted by Gasteiger charge is -2.20. The van der Waals surface area contributed by atoms with E-state index in [1.54, 1.807) is 61.5 Å². The molecular weight excluding hydrogens is 546 g/mol. The van der Waals surface area contributed by atoms with Crippen molar-refractivity contribution in [2.45, 2.75) is 37.1 Å². The highest BCUT2D eigenvalue weighted by Gasteiger charge is 2.30. The number of nitrogens with two attached hydrogens (primary N) is 1. The van der Waals surface area contributed by atoms with Gasteiger partial charge < -0.3 is 16.4 Å². The maximum atomic E-state index is 13.4. The minimum absolute atomic E-state index is 0.0803. The summed E-state index contributed by atoms with van der Waals surface area (Å²) in [5, 5.41) is 12.9. The average molecular weight is 574 g/mol. The molecule has 3 aromatic rings. The molecule has 1 aliphatic rings. The molecule has 4 rings (SSSR count). The number of halogens is 1. The smallest absolute Gasteiger partial charge is 0.243 e. The highest BCUT2D eigenvalue weighted by molar-refractivity contribution is 7.89. The van der Waals surface area contributed by atoms with Crippen molar-refractivity contribution in [2.75, 3.05) is 18.4 Å². The maximum absolute atomic E-state index is 13.4. The molecule has 1 aromatic heterocycles. The van der Waals surface area contributed by atoms with Gasteiger partial charge in [0.2, 0.25) is 21.8 Å².